The number of hydrogen-bond acceptors (Lipinski definition) is 4. The minimum Gasteiger partial charge on any atom is -0.463 e. The van der Waals surface area contributed by atoms with E-state index in [4.69, 9.17) is 8.94 Å². The van der Waals surface area contributed by atoms with Gasteiger partial charge in [0, 0.05) is 10.2 Å². The zero-order valence-electron chi connectivity index (χ0n) is 11.1. The lowest BCUT2D eigenvalue weighted by atomic mass is 10.1. The second kappa shape index (κ2) is 5.57. The van der Waals surface area contributed by atoms with E-state index >= 15 is 0 Å². The number of hydrogen-bond donors (Lipinski definition) is 1. The van der Waals surface area contributed by atoms with Gasteiger partial charge in [0.2, 0.25) is 0 Å². The van der Waals surface area contributed by atoms with Crippen molar-refractivity contribution in [1.82, 2.24) is 5.16 Å². The SMILES string of the molecule is Cc1onc(-c2ccco2)c1C(=O)Nc1ccc(Br)cc1. The van der Waals surface area contributed by atoms with Crippen LogP contribution in [0.25, 0.3) is 11.5 Å². The largest absolute Gasteiger partial charge is 0.463 e. The number of nitrogens with zero attached hydrogens (tertiary/aromatic N) is 1. The first kappa shape index (κ1) is 13.6. The van der Waals surface area contributed by atoms with Crippen LogP contribution < -0.4 is 5.32 Å². The van der Waals surface area contributed by atoms with Gasteiger partial charge in [-0.2, -0.15) is 0 Å². The molecule has 0 saturated heterocycles. The third kappa shape index (κ3) is 2.75. The standard InChI is InChI=1S/C15H11BrN2O3/c1-9-13(14(18-21-9)12-3-2-8-20-12)15(19)17-11-6-4-10(16)5-7-11/h2-8H,1H3,(H,17,19). The normalized spacial score (nSPS) is 10.6. The van der Waals surface area contributed by atoms with Crippen molar-refractivity contribution in [2.45, 2.75) is 6.92 Å². The van der Waals surface area contributed by atoms with Crippen LogP contribution in [0.1, 0.15) is 16.1 Å². The molecule has 21 heavy (non-hydrogen) atoms. The van der Waals surface area contributed by atoms with Gasteiger partial charge in [-0.15, -0.1) is 0 Å². The van der Waals surface area contributed by atoms with Crippen molar-refractivity contribution in [3.05, 3.63) is 58.5 Å². The smallest absolute Gasteiger partial charge is 0.261 e. The number of anilines is 1. The van der Waals surface area contributed by atoms with E-state index in [0.717, 1.165) is 4.47 Å². The molecular formula is C15H11BrN2O3. The first-order valence-electron chi connectivity index (χ1n) is 6.22. The van der Waals surface area contributed by atoms with E-state index in [9.17, 15) is 4.79 Å². The Kier molecular flexibility index (Phi) is 3.62. The molecule has 3 aromatic rings. The highest BCUT2D eigenvalue weighted by molar-refractivity contribution is 9.10. The van der Waals surface area contributed by atoms with Crippen molar-refractivity contribution in [2.75, 3.05) is 5.32 Å². The van der Waals surface area contributed by atoms with E-state index in [1.54, 1.807) is 31.2 Å². The number of nitrogens with one attached hydrogen (secondary N) is 1. The number of amides is 1. The van der Waals surface area contributed by atoms with Crippen LogP contribution in [-0.4, -0.2) is 11.1 Å². The van der Waals surface area contributed by atoms with Gasteiger partial charge in [-0.25, -0.2) is 0 Å². The van der Waals surface area contributed by atoms with Crippen LogP contribution in [0.4, 0.5) is 5.69 Å². The summed E-state index contributed by atoms with van der Waals surface area (Å²) in [4.78, 5) is 12.4. The van der Waals surface area contributed by atoms with Crippen molar-refractivity contribution >= 4 is 27.5 Å². The molecule has 1 amide bonds. The van der Waals surface area contributed by atoms with Crippen LogP contribution in [0.5, 0.6) is 0 Å². The maximum atomic E-state index is 12.4. The van der Waals surface area contributed by atoms with E-state index in [1.807, 2.05) is 12.1 Å². The molecule has 106 valence electrons. The summed E-state index contributed by atoms with van der Waals surface area (Å²) in [6.45, 7) is 1.69. The van der Waals surface area contributed by atoms with E-state index in [-0.39, 0.29) is 5.91 Å². The molecule has 1 aromatic carbocycles. The third-order valence-corrected chi connectivity index (χ3v) is 3.48. The van der Waals surface area contributed by atoms with Gasteiger partial charge in [0.15, 0.2) is 11.5 Å². The van der Waals surface area contributed by atoms with Gasteiger partial charge in [0.1, 0.15) is 11.3 Å². The average Bonchev–Trinajstić information content (AvgIpc) is 3.10. The molecule has 5 nitrogen and oxygen atoms in total. The highest BCUT2D eigenvalue weighted by Crippen LogP contribution is 2.26. The summed E-state index contributed by atoms with van der Waals surface area (Å²) in [5.41, 5.74) is 1.45. The van der Waals surface area contributed by atoms with Crippen LogP contribution in [0.2, 0.25) is 0 Å². The van der Waals surface area contributed by atoms with Gasteiger partial charge >= 0.3 is 0 Å². The van der Waals surface area contributed by atoms with E-state index in [0.29, 0.717) is 28.5 Å². The Morgan fingerprint density at radius 3 is 2.67 bits per heavy atom. The molecule has 0 aliphatic carbocycles. The Hall–Kier alpha value is -2.34. The Morgan fingerprint density at radius 2 is 2.00 bits per heavy atom. The highest BCUT2D eigenvalue weighted by atomic mass is 79.9. The second-order valence-electron chi connectivity index (χ2n) is 4.40. The van der Waals surface area contributed by atoms with Crippen molar-refractivity contribution < 1.29 is 13.7 Å². The topological polar surface area (TPSA) is 68.3 Å². The Morgan fingerprint density at radius 1 is 1.24 bits per heavy atom. The molecule has 0 fully saturated rings. The number of benzene rings is 1. The zero-order chi connectivity index (χ0) is 14.8. The maximum absolute atomic E-state index is 12.4. The molecule has 2 aromatic heterocycles. The van der Waals surface area contributed by atoms with Gasteiger partial charge in [0.05, 0.1) is 6.26 Å². The Labute approximate surface area is 129 Å². The minimum absolute atomic E-state index is 0.289. The van der Waals surface area contributed by atoms with Crippen molar-refractivity contribution in [1.29, 1.82) is 0 Å². The van der Waals surface area contributed by atoms with E-state index < -0.39 is 0 Å². The molecule has 6 heteroatoms. The number of furan rings is 1. The summed E-state index contributed by atoms with van der Waals surface area (Å²) in [5, 5.41) is 6.71. The minimum atomic E-state index is -0.289. The highest BCUT2D eigenvalue weighted by Gasteiger charge is 2.23. The lowest BCUT2D eigenvalue weighted by molar-refractivity contribution is 0.102. The third-order valence-electron chi connectivity index (χ3n) is 2.95. The molecule has 1 N–H and O–H groups in total. The molecule has 0 spiro atoms. The molecular weight excluding hydrogens is 336 g/mol. The first-order chi connectivity index (χ1) is 10.1. The van der Waals surface area contributed by atoms with Crippen LogP contribution in [0, 0.1) is 6.92 Å². The van der Waals surface area contributed by atoms with Gasteiger partial charge in [-0.3, -0.25) is 4.79 Å². The quantitative estimate of drug-likeness (QED) is 0.769. The Balaban J connectivity index is 1.91. The summed E-state index contributed by atoms with van der Waals surface area (Å²) in [5.74, 6) is 0.645. The fourth-order valence-electron chi connectivity index (χ4n) is 1.95. The van der Waals surface area contributed by atoms with Crippen LogP contribution >= 0.6 is 15.9 Å². The molecule has 0 bridgehead atoms. The summed E-state index contributed by atoms with van der Waals surface area (Å²) in [6.07, 6.45) is 1.52. The van der Waals surface area contributed by atoms with Crippen LogP contribution in [-0.2, 0) is 0 Å². The van der Waals surface area contributed by atoms with Crippen molar-refractivity contribution in [3.8, 4) is 11.5 Å². The molecule has 2 heterocycles. The average molecular weight is 347 g/mol. The van der Waals surface area contributed by atoms with Crippen LogP contribution in [0.3, 0.4) is 0 Å². The second-order valence-corrected chi connectivity index (χ2v) is 5.32. The van der Waals surface area contributed by atoms with Crippen molar-refractivity contribution in [2.24, 2.45) is 0 Å². The lowest BCUT2D eigenvalue weighted by Crippen LogP contribution is -2.13. The summed E-state index contributed by atoms with van der Waals surface area (Å²) in [7, 11) is 0. The molecule has 3 rings (SSSR count). The molecule has 0 saturated carbocycles. The predicted molar refractivity (Wildman–Crippen MR) is 81.0 cm³/mol. The van der Waals surface area contributed by atoms with Gasteiger partial charge in [0.25, 0.3) is 5.91 Å². The molecule has 0 radical (unpaired) electrons. The van der Waals surface area contributed by atoms with Crippen molar-refractivity contribution in [3.63, 3.8) is 0 Å². The number of aromatic nitrogens is 1. The molecule has 0 aliphatic heterocycles. The molecule has 0 aliphatic rings. The fourth-order valence-corrected chi connectivity index (χ4v) is 2.21. The maximum Gasteiger partial charge on any atom is 0.261 e. The van der Waals surface area contributed by atoms with E-state index in [1.165, 1.54) is 6.26 Å². The summed E-state index contributed by atoms with van der Waals surface area (Å²) in [6, 6.07) is 10.8. The number of aryl methyl sites for hydroxylation is 1. The number of carbonyl (C=O) groups is 1. The monoisotopic (exact) mass is 346 g/mol. The molecule has 0 atom stereocenters. The number of halogens is 1. The Bertz CT molecular complexity index is 761. The summed E-state index contributed by atoms with van der Waals surface area (Å²) < 4.78 is 11.3. The van der Waals surface area contributed by atoms with Crippen LogP contribution in [0.15, 0.2) is 56.1 Å². The van der Waals surface area contributed by atoms with Gasteiger partial charge in [-0.05, 0) is 43.3 Å². The summed E-state index contributed by atoms with van der Waals surface area (Å²) >= 11 is 3.35. The first-order valence-corrected chi connectivity index (χ1v) is 7.01. The fraction of sp³-hybridized carbons (Fsp3) is 0.0667. The van der Waals surface area contributed by atoms with Gasteiger partial charge in [-0.1, -0.05) is 21.1 Å². The number of carbonyl (C=O) groups excluding carboxylic acids is 1. The lowest BCUT2D eigenvalue weighted by Gasteiger charge is -2.05. The van der Waals surface area contributed by atoms with E-state index in [2.05, 4.69) is 26.4 Å². The zero-order valence-corrected chi connectivity index (χ0v) is 12.7. The predicted octanol–water partition coefficient (Wildman–Crippen LogP) is 4.26. The molecule has 0 unspecified atom stereocenters. The number of rotatable bonds is 3. The van der Waals surface area contributed by atoms with Gasteiger partial charge < -0.3 is 14.3 Å².